The Morgan fingerprint density at radius 2 is 1.26 bits per heavy atom. The van der Waals surface area contributed by atoms with Gasteiger partial charge in [0.05, 0.1) is 0 Å². The van der Waals surface area contributed by atoms with Gasteiger partial charge in [0.1, 0.15) is 0 Å². The van der Waals surface area contributed by atoms with E-state index in [1.807, 2.05) is 0 Å². The van der Waals surface area contributed by atoms with E-state index in [0.717, 1.165) is 0 Å². The summed E-state index contributed by atoms with van der Waals surface area (Å²) in [4.78, 5) is 0. The van der Waals surface area contributed by atoms with Gasteiger partial charge in [0, 0.05) is 0 Å². The Balaban J connectivity index is 3.77. The lowest BCUT2D eigenvalue weighted by atomic mass is 10.1. The van der Waals surface area contributed by atoms with Crippen LogP contribution >= 0.6 is 22.6 Å². The van der Waals surface area contributed by atoms with E-state index in [9.17, 15) is 0 Å². The Kier molecular flexibility index (Phi) is 12.9. The number of allylic oxidation sites excluding steroid dienone is 6. The van der Waals surface area contributed by atoms with E-state index in [2.05, 4.69) is 68.5 Å². The van der Waals surface area contributed by atoms with Gasteiger partial charge in [0.25, 0.3) is 0 Å². The quantitative estimate of drug-likeness (QED) is 0.167. The molecular formula is C18H31I. The van der Waals surface area contributed by atoms with Crippen LogP contribution in [0.4, 0.5) is 0 Å². The van der Waals surface area contributed by atoms with E-state index < -0.39 is 0 Å². The molecule has 0 heterocycles. The van der Waals surface area contributed by atoms with Crippen molar-refractivity contribution in [1.29, 1.82) is 0 Å². The van der Waals surface area contributed by atoms with Gasteiger partial charge in [0.2, 0.25) is 0 Å². The maximum Gasteiger partial charge on any atom is -0.000462 e. The summed E-state index contributed by atoms with van der Waals surface area (Å²) in [5, 5.41) is 0. The second kappa shape index (κ2) is 13.0. The topological polar surface area (TPSA) is 0 Å². The van der Waals surface area contributed by atoms with E-state index in [-0.39, 0.29) is 0 Å². The zero-order chi connectivity index (χ0) is 14.5. The minimum Gasteiger partial charge on any atom is -0.0864 e. The monoisotopic (exact) mass is 374 g/mol. The summed E-state index contributed by atoms with van der Waals surface area (Å²) in [6.45, 7) is 8.88. The summed E-state index contributed by atoms with van der Waals surface area (Å²) in [6.07, 6.45) is 16.0. The molecule has 0 aromatic heterocycles. The lowest BCUT2D eigenvalue weighted by Gasteiger charge is -2.01. The molecule has 0 bridgehead atoms. The van der Waals surface area contributed by atoms with Crippen LogP contribution < -0.4 is 0 Å². The van der Waals surface area contributed by atoms with Crippen LogP contribution in [0.15, 0.2) is 34.9 Å². The van der Waals surface area contributed by atoms with Gasteiger partial charge in [-0.2, -0.15) is 0 Å². The lowest BCUT2D eigenvalue weighted by Crippen LogP contribution is -1.81. The first-order valence-corrected chi connectivity index (χ1v) is 9.09. The molecule has 110 valence electrons. The Labute approximate surface area is 134 Å². The second-order valence-electron chi connectivity index (χ2n) is 5.64. The zero-order valence-electron chi connectivity index (χ0n) is 13.3. The van der Waals surface area contributed by atoms with Gasteiger partial charge in [0.15, 0.2) is 0 Å². The number of rotatable bonds is 10. The average molecular weight is 374 g/mol. The molecule has 0 nitrogen and oxygen atoms in total. The van der Waals surface area contributed by atoms with E-state index >= 15 is 0 Å². The largest absolute Gasteiger partial charge is 0.0864 e. The molecule has 0 rings (SSSR count). The second-order valence-corrected chi connectivity index (χ2v) is 6.72. The number of hydrogen-bond acceptors (Lipinski definition) is 0. The third kappa shape index (κ3) is 14.2. The number of alkyl halides is 1. The predicted molar refractivity (Wildman–Crippen MR) is 98.2 cm³/mol. The van der Waals surface area contributed by atoms with Gasteiger partial charge in [-0.05, 0) is 77.1 Å². The zero-order valence-corrected chi connectivity index (χ0v) is 15.4. The van der Waals surface area contributed by atoms with Gasteiger partial charge >= 0.3 is 0 Å². The fourth-order valence-corrected chi connectivity index (χ4v) is 2.47. The Bertz CT molecular complexity index is 304. The summed E-state index contributed by atoms with van der Waals surface area (Å²) in [6, 6.07) is 0. The van der Waals surface area contributed by atoms with E-state index in [4.69, 9.17) is 0 Å². The molecule has 0 aliphatic rings. The Morgan fingerprint density at radius 3 is 1.79 bits per heavy atom. The molecule has 0 fully saturated rings. The first kappa shape index (κ1) is 18.9. The van der Waals surface area contributed by atoms with Crippen LogP contribution in [0.25, 0.3) is 0 Å². The predicted octanol–water partition coefficient (Wildman–Crippen LogP) is 7.01. The fraction of sp³-hybridized carbons (Fsp3) is 0.667. The molecule has 0 atom stereocenters. The normalized spacial score (nSPS) is 12.7. The average Bonchev–Trinajstić information content (AvgIpc) is 2.34. The van der Waals surface area contributed by atoms with Crippen LogP contribution in [-0.2, 0) is 0 Å². The van der Waals surface area contributed by atoms with Crippen molar-refractivity contribution in [1.82, 2.24) is 0 Å². The standard InChI is InChI=1S/C18H31I/c1-16(2)10-8-12-18(4)14-9-13-17(3)11-6-5-7-15-19/h10-11,14H,5-9,12-13,15H2,1-4H3. The maximum atomic E-state index is 2.46. The van der Waals surface area contributed by atoms with E-state index in [0.29, 0.717) is 0 Å². The third-order valence-electron chi connectivity index (χ3n) is 3.20. The third-order valence-corrected chi connectivity index (χ3v) is 3.97. The molecule has 0 saturated carbocycles. The molecule has 0 aliphatic carbocycles. The molecule has 0 saturated heterocycles. The van der Waals surface area contributed by atoms with Gasteiger partial charge in [-0.25, -0.2) is 0 Å². The van der Waals surface area contributed by atoms with Crippen LogP contribution in [0.1, 0.15) is 72.6 Å². The Morgan fingerprint density at radius 1 is 0.737 bits per heavy atom. The molecule has 0 aromatic carbocycles. The molecule has 0 unspecified atom stereocenters. The first-order valence-electron chi connectivity index (χ1n) is 7.57. The molecule has 0 amide bonds. The van der Waals surface area contributed by atoms with Gasteiger partial charge in [-0.3, -0.25) is 0 Å². The molecular weight excluding hydrogens is 343 g/mol. The molecule has 0 spiro atoms. The number of unbranched alkanes of at least 4 members (excludes halogenated alkanes) is 2. The van der Waals surface area contributed by atoms with Crippen molar-refractivity contribution < 1.29 is 0 Å². The van der Waals surface area contributed by atoms with Crippen molar-refractivity contribution >= 4 is 22.6 Å². The van der Waals surface area contributed by atoms with Crippen molar-refractivity contribution in [2.24, 2.45) is 0 Å². The summed E-state index contributed by atoms with van der Waals surface area (Å²) in [7, 11) is 0. The Hall–Kier alpha value is -0.0500. The molecule has 1 heteroatoms. The van der Waals surface area contributed by atoms with Crippen LogP contribution in [0.2, 0.25) is 0 Å². The highest BCUT2D eigenvalue weighted by atomic mass is 127. The van der Waals surface area contributed by atoms with Gasteiger partial charge in [-0.15, -0.1) is 0 Å². The minimum atomic E-state index is 1.19. The minimum absolute atomic E-state index is 1.19. The summed E-state index contributed by atoms with van der Waals surface area (Å²) in [5.41, 5.74) is 4.52. The molecule has 0 aromatic rings. The highest BCUT2D eigenvalue weighted by molar-refractivity contribution is 14.1. The fourth-order valence-electron chi connectivity index (χ4n) is 1.93. The van der Waals surface area contributed by atoms with Crippen molar-refractivity contribution in [3.8, 4) is 0 Å². The summed E-state index contributed by atoms with van der Waals surface area (Å²) >= 11 is 2.46. The number of hydrogen-bond donors (Lipinski definition) is 0. The van der Waals surface area contributed by atoms with Crippen molar-refractivity contribution in [3.05, 3.63) is 34.9 Å². The van der Waals surface area contributed by atoms with Gasteiger partial charge < -0.3 is 0 Å². The van der Waals surface area contributed by atoms with Crippen molar-refractivity contribution in [2.75, 3.05) is 4.43 Å². The SMILES string of the molecule is CC(C)=CCCC(C)=CCCC(C)=CCCCCI. The van der Waals surface area contributed by atoms with Gasteiger partial charge in [-0.1, -0.05) is 57.5 Å². The van der Waals surface area contributed by atoms with Crippen molar-refractivity contribution in [3.63, 3.8) is 0 Å². The molecule has 0 radical (unpaired) electrons. The first-order chi connectivity index (χ1) is 9.06. The summed E-state index contributed by atoms with van der Waals surface area (Å²) < 4.78 is 1.29. The molecule has 19 heavy (non-hydrogen) atoms. The lowest BCUT2D eigenvalue weighted by molar-refractivity contribution is 0.818. The van der Waals surface area contributed by atoms with Crippen LogP contribution in [0.3, 0.4) is 0 Å². The van der Waals surface area contributed by atoms with Crippen LogP contribution in [0.5, 0.6) is 0 Å². The molecule has 0 aliphatic heterocycles. The summed E-state index contributed by atoms with van der Waals surface area (Å²) in [5.74, 6) is 0. The van der Waals surface area contributed by atoms with Crippen LogP contribution in [0, 0.1) is 0 Å². The number of halogens is 1. The highest BCUT2D eigenvalue weighted by Gasteiger charge is 1.92. The molecule has 0 N–H and O–H groups in total. The smallest absolute Gasteiger partial charge is 0.000462 e. The van der Waals surface area contributed by atoms with Crippen molar-refractivity contribution in [2.45, 2.75) is 72.6 Å². The van der Waals surface area contributed by atoms with E-state index in [1.165, 1.54) is 60.5 Å². The van der Waals surface area contributed by atoms with Crippen LogP contribution in [-0.4, -0.2) is 4.43 Å². The van der Waals surface area contributed by atoms with E-state index in [1.54, 1.807) is 5.57 Å². The maximum absolute atomic E-state index is 2.46. The highest BCUT2D eigenvalue weighted by Crippen LogP contribution is 2.12.